The summed E-state index contributed by atoms with van der Waals surface area (Å²) in [6.45, 7) is 0.485. The lowest BCUT2D eigenvalue weighted by molar-refractivity contribution is -0.148. The average molecular weight is 316 g/mol. The zero-order chi connectivity index (χ0) is 16.2. The predicted molar refractivity (Wildman–Crippen MR) is 78.2 cm³/mol. The van der Waals surface area contributed by atoms with Crippen molar-refractivity contribution in [3.05, 3.63) is 30.3 Å². The van der Waals surface area contributed by atoms with E-state index in [1.165, 1.54) is 4.90 Å². The number of aliphatic carboxylic acids is 1. The average Bonchev–Trinajstić information content (AvgIpc) is 3.23. The Morgan fingerprint density at radius 1 is 1.39 bits per heavy atom. The molecule has 23 heavy (non-hydrogen) atoms. The second-order valence-corrected chi connectivity index (χ2v) is 5.31. The number of likely N-dealkylation sites (tertiary alicyclic amines) is 1. The number of hydrogen-bond acceptors (Lipinski definition) is 6. The fourth-order valence-electron chi connectivity index (χ4n) is 2.63. The predicted octanol–water partition coefficient (Wildman–Crippen LogP) is 1.14. The molecule has 0 bridgehead atoms. The first-order valence-electron chi connectivity index (χ1n) is 7.41. The highest BCUT2D eigenvalue weighted by Gasteiger charge is 2.33. The van der Waals surface area contributed by atoms with E-state index in [-0.39, 0.29) is 18.7 Å². The van der Waals surface area contributed by atoms with Crippen LogP contribution in [0.25, 0.3) is 11.5 Å². The molecule has 0 spiro atoms. The van der Waals surface area contributed by atoms with Crippen LogP contribution in [-0.2, 0) is 16.0 Å². The maximum absolute atomic E-state index is 12.2. The summed E-state index contributed by atoms with van der Waals surface area (Å²) in [7, 11) is 0. The monoisotopic (exact) mass is 316 g/mol. The number of aromatic nitrogens is 3. The molecule has 1 fully saturated rings. The van der Waals surface area contributed by atoms with Gasteiger partial charge in [0.25, 0.3) is 0 Å². The molecule has 0 aromatic carbocycles. The van der Waals surface area contributed by atoms with Gasteiger partial charge in [-0.25, -0.2) is 4.79 Å². The van der Waals surface area contributed by atoms with Crippen molar-refractivity contribution in [3.8, 4) is 11.5 Å². The van der Waals surface area contributed by atoms with Gasteiger partial charge in [0.15, 0.2) is 0 Å². The largest absolute Gasteiger partial charge is 0.480 e. The molecule has 1 amide bonds. The minimum absolute atomic E-state index is 0.146. The van der Waals surface area contributed by atoms with Crippen LogP contribution in [0.4, 0.5) is 0 Å². The van der Waals surface area contributed by atoms with Crippen molar-refractivity contribution in [2.45, 2.75) is 31.7 Å². The molecule has 0 saturated carbocycles. The van der Waals surface area contributed by atoms with Crippen molar-refractivity contribution in [1.82, 2.24) is 20.0 Å². The van der Waals surface area contributed by atoms with Gasteiger partial charge in [-0.3, -0.25) is 9.78 Å². The minimum atomic E-state index is -0.953. The summed E-state index contributed by atoms with van der Waals surface area (Å²) >= 11 is 0. The SMILES string of the molecule is O=C(O)[C@H]1CCCN1C(=O)CCc1nc(-c2ccccn2)no1. The van der Waals surface area contributed by atoms with Gasteiger partial charge in [0.2, 0.25) is 17.6 Å². The number of amides is 1. The van der Waals surface area contributed by atoms with Crippen LogP contribution in [-0.4, -0.2) is 49.6 Å². The maximum Gasteiger partial charge on any atom is 0.326 e. The van der Waals surface area contributed by atoms with Crippen molar-refractivity contribution in [2.75, 3.05) is 6.54 Å². The molecule has 0 radical (unpaired) electrons. The molecule has 1 saturated heterocycles. The highest BCUT2D eigenvalue weighted by Crippen LogP contribution is 2.19. The van der Waals surface area contributed by atoms with Gasteiger partial charge in [0.05, 0.1) is 0 Å². The summed E-state index contributed by atoms with van der Waals surface area (Å²) in [5, 5.41) is 12.9. The Hall–Kier alpha value is -2.77. The molecule has 3 heterocycles. The van der Waals surface area contributed by atoms with E-state index in [9.17, 15) is 9.59 Å². The third-order valence-corrected chi connectivity index (χ3v) is 3.77. The second-order valence-electron chi connectivity index (χ2n) is 5.31. The van der Waals surface area contributed by atoms with Crippen molar-refractivity contribution in [2.24, 2.45) is 0 Å². The molecule has 8 nitrogen and oxygen atoms in total. The van der Waals surface area contributed by atoms with Crippen LogP contribution in [0.1, 0.15) is 25.2 Å². The van der Waals surface area contributed by atoms with Crippen LogP contribution in [0.5, 0.6) is 0 Å². The Bertz CT molecular complexity index is 701. The third kappa shape index (κ3) is 3.36. The van der Waals surface area contributed by atoms with E-state index in [4.69, 9.17) is 9.63 Å². The van der Waals surface area contributed by atoms with Crippen molar-refractivity contribution < 1.29 is 19.2 Å². The van der Waals surface area contributed by atoms with Gasteiger partial charge < -0.3 is 14.5 Å². The van der Waals surface area contributed by atoms with Crippen LogP contribution in [0.15, 0.2) is 28.9 Å². The summed E-state index contributed by atoms with van der Waals surface area (Å²) in [6, 6.07) is 4.66. The summed E-state index contributed by atoms with van der Waals surface area (Å²) in [6.07, 6.45) is 3.28. The standard InChI is InChI=1S/C15H16N4O4/c20-13(19-9-3-5-11(19)15(21)22)7-6-12-17-14(18-23-12)10-4-1-2-8-16-10/h1-2,4,8,11H,3,5-7,9H2,(H,21,22)/t11-/m1/s1. The maximum atomic E-state index is 12.2. The molecule has 1 N–H and O–H groups in total. The van der Waals surface area contributed by atoms with Crippen molar-refractivity contribution >= 4 is 11.9 Å². The zero-order valence-corrected chi connectivity index (χ0v) is 12.4. The third-order valence-electron chi connectivity index (χ3n) is 3.77. The molecular weight excluding hydrogens is 300 g/mol. The first-order valence-corrected chi connectivity index (χ1v) is 7.41. The Morgan fingerprint density at radius 2 is 2.26 bits per heavy atom. The van der Waals surface area contributed by atoms with E-state index < -0.39 is 12.0 Å². The minimum Gasteiger partial charge on any atom is -0.480 e. The van der Waals surface area contributed by atoms with Gasteiger partial charge >= 0.3 is 5.97 Å². The molecule has 8 heteroatoms. The van der Waals surface area contributed by atoms with E-state index in [1.807, 2.05) is 6.07 Å². The fourth-order valence-corrected chi connectivity index (χ4v) is 2.63. The van der Waals surface area contributed by atoms with Crippen molar-refractivity contribution in [3.63, 3.8) is 0 Å². The molecule has 0 unspecified atom stereocenters. The van der Waals surface area contributed by atoms with Gasteiger partial charge in [0.1, 0.15) is 11.7 Å². The number of carboxylic acid groups (broad SMARTS) is 1. The van der Waals surface area contributed by atoms with E-state index in [2.05, 4.69) is 15.1 Å². The normalized spacial score (nSPS) is 17.4. The summed E-state index contributed by atoms with van der Waals surface area (Å²) in [5.41, 5.74) is 0.597. The van der Waals surface area contributed by atoms with Gasteiger partial charge in [-0.1, -0.05) is 11.2 Å². The van der Waals surface area contributed by atoms with E-state index in [0.29, 0.717) is 36.8 Å². The lowest BCUT2D eigenvalue weighted by Crippen LogP contribution is -2.40. The number of nitrogens with zero attached hydrogens (tertiary/aromatic N) is 4. The Kier molecular flexibility index (Phi) is 4.31. The molecule has 2 aromatic rings. The first-order chi connectivity index (χ1) is 11.1. The lowest BCUT2D eigenvalue weighted by Gasteiger charge is -2.20. The van der Waals surface area contributed by atoms with Gasteiger partial charge in [-0.15, -0.1) is 0 Å². The number of carbonyl (C=O) groups excluding carboxylic acids is 1. The van der Waals surface area contributed by atoms with Crippen LogP contribution in [0.3, 0.4) is 0 Å². The number of aryl methyl sites for hydroxylation is 1. The van der Waals surface area contributed by atoms with Gasteiger partial charge in [0, 0.05) is 25.6 Å². The quantitative estimate of drug-likeness (QED) is 0.880. The molecule has 120 valence electrons. The molecule has 1 aliphatic heterocycles. The van der Waals surface area contributed by atoms with Crippen LogP contribution < -0.4 is 0 Å². The van der Waals surface area contributed by atoms with Crippen LogP contribution in [0, 0.1) is 0 Å². The van der Waals surface area contributed by atoms with Gasteiger partial charge in [-0.2, -0.15) is 4.98 Å². The summed E-state index contributed by atoms with van der Waals surface area (Å²) < 4.78 is 5.12. The number of pyridine rings is 1. The number of carbonyl (C=O) groups is 2. The summed E-state index contributed by atoms with van der Waals surface area (Å²) in [5.74, 6) is -0.443. The first kappa shape index (κ1) is 15.1. The van der Waals surface area contributed by atoms with E-state index in [0.717, 1.165) is 0 Å². The Balaban J connectivity index is 1.60. The molecule has 2 aromatic heterocycles. The lowest BCUT2D eigenvalue weighted by atomic mass is 10.2. The molecule has 1 atom stereocenters. The van der Waals surface area contributed by atoms with Crippen LogP contribution >= 0.6 is 0 Å². The number of carboxylic acids is 1. The fraction of sp³-hybridized carbons (Fsp3) is 0.400. The molecule has 1 aliphatic rings. The van der Waals surface area contributed by atoms with Crippen molar-refractivity contribution in [1.29, 1.82) is 0 Å². The van der Waals surface area contributed by atoms with E-state index in [1.54, 1.807) is 18.3 Å². The number of hydrogen-bond donors (Lipinski definition) is 1. The Morgan fingerprint density at radius 3 is 3.00 bits per heavy atom. The Labute approximate surface area is 132 Å². The smallest absolute Gasteiger partial charge is 0.326 e. The van der Waals surface area contributed by atoms with Crippen LogP contribution in [0.2, 0.25) is 0 Å². The second kappa shape index (κ2) is 6.55. The highest BCUT2D eigenvalue weighted by atomic mass is 16.5. The topological polar surface area (TPSA) is 109 Å². The van der Waals surface area contributed by atoms with Gasteiger partial charge in [-0.05, 0) is 25.0 Å². The molecule has 0 aliphatic carbocycles. The highest BCUT2D eigenvalue weighted by molar-refractivity contribution is 5.84. The molecule has 3 rings (SSSR count). The number of rotatable bonds is 5. The molecular formula is C15H16N4O4. The van der Waals surface area contributed by atoms with E-state index >= 15 is 0 Å². The zero-order valence-electron chi connectivity index (χ0n) is 12.4. The summed E-state index contributed by atoms with van der Waals surface area (Å²) in [4.78, 5) is 33.0.